The molecule has 0 heterocycles. The number of benzene rings is 2. The third-order valence-corrected chi connectivity index (χ3v) is 3.00. The molecule has 0 aliphatic rings. The number of hydrogen-bond acceptors (Lipinski definition) is 1. The van der Waals surface area contributed by atoms with Crippen LogP contribution in [0.3, 0.4) is 0 Å². The number of carbonyl (C=O) groups is 1. The van der Waals surface area contributed by atoms with E-state index in [0.717, 1.165) is 5.56 Å². The van der Waals surface area contributed by atoms with E-state index in [1.807, 2.05) is 0 Å². The van der Waals surface area contributed by atoms with Gasteiger partial charge in [0.25, 0.3) is 0 Å². The van der Waals surface area contributed by atoms with Gasteiger partial charge in [-0.05, 0) is 41.8 Å². The highest BCUT2D eigenvalue weighted by Crippen LogP contribution is 2.09. The number of hydrogen-bond donors (Lipinski definition) is 1. The van der Waals surface area contributed by atoms with Crippen LogP contribution in [0, 0.1) is 18.6 Å². The molecule has 2 rings (SSSR count). The average Bonchev–Trinajstić information content (AvgIpc) is 2.43. The first-order valence-electron chi connectivity index (χ1n) is 6.31. The van der Waals surface area contributed by atoms with Crippen LogP contribution in [0.25, 0.3) is 0 Å². The SMILES string of the molecule is Cc1ccc(CNC(=O)Cc2ccc(F)cc2)cc1F. The molecule has 104 valence electrons. The Labute approximate surface area is 116 Å². The van der Waals surface area contributed by atoms with Crippen LogP contribution in [0.1, 0.15) is 16.7 Å². The van der Waals surface area contributed by atoms with Crippen LogP contribution in [0.2, 0.25) is 0 Å². The number of amides is 1. The quantitative estimate of drug-likeness (QED) is 0.912. The maximum Gasteiger partial charge on any atom is 0.224 e. The number of aryl methyl sites for hydroxylation is 1. The second-order valence-electron chi connectivity index (χ2n) is 4.66. The Balaban J connectivity index is 1.88. The van der Waals surface area contributed by atoms with Gasteiger partial charge in [-0.25, -0.2) is 8.78 Å². The summed E-state index contributed by atoms with van der Waals surface area (Å²) in [6.45, 7) is 1.96. The maximum absolute atomic E-state index is 13.3. The van der Waals surface area contributed by atoms with Gasteiger partial charge in [-0.3, -0.25) is 4.79 Å². The molecule has 2 nitrogen and oxygen atoms in total. The summed E-state index contributed by atoms with van der Waals surface area (Å²) in [4.78, 5) is 11.7. The number of rotatable bonds is 4. The lowest BCUT2D eigenvalue weighted by atomic mass is 10.1. The van der Waals surface area contributed by atoms with E-state index in [2.05, 4.69) is 5.32 Å². The van der Waals surface area contributed by atoms with E-state index in [1.54, 1.807) is 31.2 Å². The lowest BCUT2D eigenvalue weighted by molar-refractivity contribution is -0.120. The molecule has 0 radical (unpaired) electrons. The molecular weight excluding hydrogens is 260 g/mol. The average molecular weight is 275 g/mol. The summed E-state index contributed by atoms with van der Waals surface area (Å²) in [5.41, 5.74) is 2.02. The Morgan fingerprint density at radius 1 is 1.05 bits per heavy atom. The van der Waals surface area contributed by atoms with Crippen molar-refractivity contribution >= 4 is 5.91 Å². The fourth-order valence-electron chi connectivity index (χ4n) is 1.80. The first-order valence-corrected chi connectivity index (χ1v) is 6.31. The third kappa shape index (κ3) is 3.88. The predicted octanol–water partition coefficient (Wildman–Crippen LogP) is 3.13. The Hall–Kier alpha value is -2.23. The van der Waals surface area contributed by atoms with Crippen LogP contribution in [0.4, 0.5) is 8.78 Å². The summed E-state index contributed by atoms with van der Waals surface area (Å²) < 4.78 is 26.1. The zero-order valence-electron chi connectivity index (χ0n) is 11.1. The Bertz CT molecular complexity index is 608. The van der Waals surface area contributed by atoms with Gasteiger partial charge in [0.15, 0.2) is 0 Å². The molecule has 0 fully saturated rings. The molecule has 0 aliphatic carbocycles. The molecule has 0 aromatic heterocycles. The molecule has 1 amide bonds. The minimum absolute atomic E-state index is 0.175. The molecule has 20 heavy (non-hydrogen) atoms. The number of halogens is 2. The molecule has 0 bridgehead atoms. The lowest BCUT2D eigenvalue weighted by Crippen LogP contribution is -2.24. The molecular formula is C16H15F2NO. The molecule has 1 N–H and O–H groups in total. The summed E-state index contributed by atoms with van der Waals surface area (Å²) in [5.74, 6) is -0.794. The minimum Gasteiger partial charge on any atom is -0.352 e. The number of nitrogens with one attached hydrogen (secondary N) is 1. The van der Waals surface area contributed by atoms with Crippen molar-refractivity contribution in [1.29, 1.82) is 0 Å². The van der Waals surface area contributed by atoms with Crippen molar-refractivity contribution in [3.05, 3.63) is 70.8 Å². The number of carbonyl (C=O) groups excluding carboxylic acids is 1. The van der Waals surface area contributed by atoms with Crippen LogP contribution < -0.4 is 5.32 Å². The van der Waals surface area contributed by atoms with Gasteiger partial charge in [-0.1, -0.05) is 24.3 Å². The molecule has 0 saturated heterocycles. The van der Waals surface area contributed by atoms with E-state index in [0.29, 0.717) is 11.1 Å². The van der Waals surface area contributed by atoms with E-state index in [9.17, 15) is 13.6 Å². The first kappa shape index (κ1) is 14.2. The molecule has 0 unspecified atom stereocenters. The zero-order chi connectivity index (χ0) is 14.5. The van der Waals surface area contributed by atoms with Gasteiger partial charge in [0.2, 0.25) is 5.91 Å². The maximum atomic E-state index is 13.3. The van der Waals surface area contributed by atoms with Crippen molar-refractivity contribution < 1.29 is 13.6 Å². The van der Waals surface area contributed by atoms with Gasteiger partial charge in [0.1, 0.15) is 11.6 Å². The molecule has 0 spiro atoms. The topological polar surface area (TPSA) is 29.1 Å². The second-order valence-corrected chi connectivity index (χ2v) is 4.66. The largest absolute Gasteiger partial charge is 0.352 e. The fourth-order valence-corrected chi connectivity index (χ4v) is 1.80. The van der Waals surface area contributed by atoms with Crippen molar-refractivity contribution in [3.63, 3.8) is 0 Å². The van der Waals surface area contributed by atoms with E-state index in [4.69, 9.17) is 0 Å². The Morgan fingerprint density at radius 3 is 2.35 bits per heavy atom. The zero-order valence-corrected chi connectivity index (χ0v) is 11.1. The van der Waals surface area contributed by atoms with Crippen molar-refractivity contribution in [2.24, 2.45) is 0 Å². The van der Waals surface area contributed by atoms with Crippen LogP contribution in [0.5, 0.6) is 0 Å². The third-order valence-electron chi connectivity index (χ3n) is 3.00. The predicted molar refractivity (Wildman–Crippen MR) is 73.1 cm³/mol. The molecule has 0 aliphatic heterocycles. The van der Waals surface area contributed by atoms with Crippen LogP contribution >= 0.6 is 0 Å². The molecule has 2 aromatic rings. The highest BCUT2D eigenvalue weighted by molar-refractivity contribution is 5.78. The van der Waals surface area contributed by atoms with Crippen molar-refractivity contribution in [3.8, 4) is 0 Å². The molecule has 0 atom stereocenters. The van der Waals surface area contributed by atoms with Gasteiger partial charge in [-0.15, -0.1) is 0 Å². The molecule has 2 aromatic carbocycles. The first-order chi connectivity index (χ1) is 9.54. The van der Waals surface area contributed by atoms with Gasteiger partial charge in [0, 0.05) is 6.54 Å². The van der Waals surface area contributed by atoms with Crippen LogP contribution in [0.15, 0.2) is 42.5 Å². The smallest absolute Gasteiger partial charge is 0.224 e. The molecule has 0 saturated carbocycles. The van der Waals surface area contributed by atoms with Gasteiger partial charge in [-0.2, -0.15) is 0 Å². The summed E-state index contributed by atoms with van der Waals surface area (Å²) in [5, 5.41) is 2.71. The molecule has 4 heteroatoms. The van der Waals surface area contributed by atoms with Crippen molar-refractivity contribution in [1.82, 2.24) is 5.32 Å². The van der Waals surface area contributed by atoms with Crippen LogP contribution in [-0.2, 0) is 17.8 Å². The highest BCUT2D eigenvalue weighted by Gasteiger charge is 2.05. The van der Waals surface area contributed by atoms with Crippen molar-refractivity contribution in [2.45, 2.75) is 19.9 Å². The Morgan fingerprint density at radius 2 is 1.70 bits per heavy atom. The summed E-state index contributed by atoms with van der Waals surface area (Å²) >= 11 is 0. The fraction of sp³-hybridized carbons (Fsp3) is 0.188. The summed E-state index contributed by atoms with van der Waals surface area (Å²) in [6.07, 6.45) is 0.175. The van der Waals surface area contributed by atoms with E-state index >= 15 is 0 Å². The van der Waals surface area contributed by atoms with E-state index in [-0.39, 0.29) is 30.5 Å². The monoisotopic (exact) mass is 275 g/mol. The van der Waals surface area contributed by atoms with Gasteiger partial charge in [0.05, 0.1) is 6.42 Å². The van der Waals surface area contributed by atoms with Crippen LogP contribution in [-0.4, -0.2) is 5.91 Å². The van der Waals surface area contributed by atoms with Gasteiger partial charge >= 0.3 is 0 Å². The van der Waals surface area contributed by atoms with Gasteiger partial charge < -0.3 is 5.32 Å². The van der Waals surface area contributed by atoms with E-state index in [1.165, 1.54) is 18.2 Å². The minimum atomic E-state index is -0.329. The highest BCUT2D eigenvalue weighted by atomic mass is 19.1. The van der Waals surface area contributed by atoms with Crippen molar-refractivity contribution in [2.75, 3.05) is 0 Å². The standard InChI is InChI=1S/C16H15F2NO/c1-11-2-3-13(8-15(11)18)10-19-16(20)9-12-4-6-14(17)7-5-12/h2-8H,9-10H2,1H3,(H,19,20). The lowest BCUT2D eigenvalue weighted by Gasteiger charge is -2.06. The summed E-state index contributed by atoms with van der Waals surface area (Å²) in [7, 11) is 0. The Kier molecular flexibility index (Phi) is 4.45. The normalized spacial score (nSPS) is 10.3. The summed E-state index contributed by atoms with van der Waals surface area (Å²) in [6, 6.07) is 10.6. The van der Waals surface area contributed by atoms with E-state index < -0.39 is 0 Å². The second kappa shape index (κ2) is 6.28.